The molecule has 0 saturated carbocycles. The summed E-state index contributed by atoms with van der Waals surface area (Å²) in [7, 11) is 0. The first-order chi connectivity index (χ1) is 9.65. The van der Waals surface area contributed by atoms with Gasteiger partial charge < -0.3 is 15.0 Å². The maximum Gasteiger partial charge on any atom is 0.308 e. The van der Waals surface area contributed by atoms with Gasteiger partial charge in [0.1, 0.15) is 0 Å². The zero-order valence-corrected chi connectivity index (χ0v) is 10.9. The zero-order chi connectivity index (χ0) is 14.1. The molecule has 1 aromatic carbocycles. The Balaban J connectivity index is 1.82. The van der Waals surface area contributed by atoms with Gasteiger partial charge in [-0.05, 0) is 25.0 Å². The Morgan fingerprint density at radius 1 is 1.35 bits per heavy atom. The van der Waals surface area contributed by atoms with Gasteiger partial charge in [-0.1, -0.05) is 12.1 Å². The molecule has 6 nitrogen and oxygen atoms in total. The minimum absolute atomic E-state index is 0.229. The number of amides is 1. The van der Waals surface area contributed by atoms with Crippen LogP contribution in [0.25, 0.3) is 11.0 Å². The monoisotopic (exact) mass is 273 g/mol. The Labute approximate surface area is 115 Å². The highest BCUT2D eigenvalue weighted by Crippen LogP contribution is 2.19. The van der Waals surface area contributed by atoms with E-state index in [0.29, 0.717) is 19.4 Å². The average molecular weight is 273 g/mol. The summed E-state index contributed by atoms with van der Waals surface area (Å²) in [4.78, 5) is 32.2. The molecule has 1 aliphatic rings. The van der Waals surface area contributed by atoms with E-state index >= 15 is 0 Å². The van der Waals surface area contributed by atoms with Gasteiger partial charge in [0.2, 0.25) is 0 Å². The molecule has 2 aromatic rings. The van der Waals surface area contributed by atoms with Crippen LogP contribution in [-0.2, 0) is 4.79 Å². The standard InChI is InChI=1S/C14H15N3O3/c18-13(17-7-3-4-9(8-17)14(19)20)12-15-10-5-1-2-6-11(10)16-12/h1-2,5-6,9H,3-4,7-8H2,(H,15,16)(H,19,20)/t9-/m0/s1. The van der Waals surface area contributed by atoms with Crippen molar-refractivity contribution in [2.24, 2.45) is 5.92 Å². The van der Waals surface area contributed by atoms with E-state index in [9.17, 15) is 9.59 Å². The number of para-hydroxylation sites is 2. The first-order valence-electron chi connectivity index (χ1n) is 6.62. The minimum atomic E-state index is -0.841. The molecule has 20 heavy (non-hydrogen) atoms. The van der Waals surface area contributed by atoms with Gasteiger partial charge in [-0.25, -0.2) is 4.98 Å². The number of carbonyl (C=O) groups excluding carboxylic acids is 1. The number of aliphatic carboxylic acids is 1. The number of nitrogens with one attached hydrogen (secondary N) is 1. The number of carbonyl (C=O) groups is 2. The molecule has 2 heterocycles. The lowest BCUT2D eigenvalue weighted by atomic mass is 9.98. The molecule has 2 N–H and O–H groups in total. The molecule has 0 spiro atoms. The van der Waals surface area contributed by atoms with Crippen LogP contribution in [0.15, 0.2) is 24.3 Å². The highest BCUT2D eigenvalue weighted by Gasteiger charge is 2.29. The maximum atomic E-state index is 12.4. The number of benzene rings is 1. The SMILES string of the molecule is O=C(O)[C@H]1CCCN(C(=O)c2nc3ccccc3[nH]2)C1. The van der Waals surface area contributed by atoms with Gasteiger partial charge in [0, 0.05) is 13.1 Å². The number of aromatic nitrogens is 2. The van der Waals surface area contributed by atoms with E-state index in [1.54, 1.807) is 4.90 Å². The highest BCUT2D eigenvalue weighted by molar-refractivity contribution is 5.94. The van der Waals surface area contributed by atoms with E-state index in [1.165, 1.54) is 0 Å². The molecule has 1 aromatic heterocycles. The number of H-pyrrole nitrogens is 1. The van der Waals surface area contributed by atoms with Gasteiger partial charge in [0.15, 0.2) is 5.82 Å². The first-order valence-corrected chi connectivity index (χ1v) is 6.62. The first kappa shape index (κ1) is 12.7. The summed E-state index contributed by atoms with van der Waals surface area (Å²) in [5, 5.41) is 9.06. The summed E-state index contributed by atoms with van der Waals surface area (Å²) in [6.07, 6.45) is 1.34. The second-order valence-electron chi connectivity index (χ2n) is 5.03. The van der Waals surface area contributed by atoms with Crippen LogP contribution < -0.4 is 0 Å². The second kappa shape index (κ2) is 4.96. The number of hydrogen-bond donors (Lipinski definition) is 2. The van der Waals surface area contributed by atoms with Crippen LogP contribution in [0, 0.1) is 5.92 Å². The van der Waals surface area contributed by atoms with Crippen molar-refractivity contribution >= 4 is 22.9 Å². The fourth-order valence-corrected chi connectivity index (χ4v) is 2.57. The quantitative estimate of drug-likeness (QED) is 0.868. The normalized spacial score (nSPS) is 19.2. The fourth-order valence-electron chi connectivity index (χ4n) is 2.57. The summed E-state index contributed by atoms with van der Waals surface area (Å²) in [5.41, 5.74) is 1.55. The van der Waals surface area contributed by atoms with Gasteiger partial charge >= 0.3 is 5.97 Å². The third-order valence-electron chi connectivity index (χ3n) is 3.65. The van der Waals surface area contributed by atoms with E-state index in [-0.39, 0.29) is 18.3 Å². The summed E-state index contributed by atoms with van der Waals surface area (Å²) >= 11 is 0. The van der Waals surface area contributed by atoms with Crippen molar-refractivity contribution in [1.82, 2.24) is 14.9 Å². The molecule has 6 heteroatoms. The van der Waals surface area contributed by atoms with Crippen LogP contribution in [0.2, 0.25) is 0 Å². The Kier molecular flexibility index (Phi) is 3.14. The molecular weight excluding hydrogens is 258 g/mol. The number of imidazole rings is 1. The van der Waals surface area contributed by atoms with E-state index in [2.05, 4.69) is 9.97 Å². The summed E-state index contributed by atoms with van der Waals surface area (Å²) in [5.74, 6) is -1.27. The van der Waals surface area contributed by atoms with Gasteiger partial charge in [0.25, 0.3) is 5.91 Å². The number of aromatic amines is 1. The molecule has 1 fully saturated rings. The van der Waals surface area contributed by atoms with E-state index in [0.717, 1.165) is 11.0 Å². The van der Waals surface area contributed by atoms with Crippen molar-refractivity contribution in [2.45, 2.75) is 12.8 Å². The number of likely N-dealkylation sites (tertiary alicyclic amines) is 1. The number of hydrogen-bond acceptors (Lipinski definition) is 3. The molecule has 1 saturated heterocycles. The molecule has 0 aliphatic carbocycles. The van der Waals surface area contributed by atoms with Crippen LogP contribution >= 0.6 is 0 Å². The molecule has 1 aliphatic heterocycles. The number of carboxylic acid groups (broad SMARTS) is 1. The lowest BCUT2D eigenvalue weighted by molar-refractivity contribution is -0.143. The Morgan fingerprint density at radius 3 is 2.90 bits per heavy atom. The molecule has 1 atom stereocenters. The molecule has 0 unspecified atom stereocenters. The van der Waals surface area contributed by atoms with Crippen molar-refractivity contribution in [3.05, 3.63) is 30.1 Å². The molecule has 1 amide bonds. The zero-order valence-electron chi connectivity index (χ0n) is 10.9. The summed E-state index contributed by atoms with van der Waals surface area (Å²) in [6, 6.07) is 7.42. The molecule has 0 radical (unpaired) electrons. The molecule has 3 rings (SSSR count). The van der Waals surface area contributed by atoms with E-state index < -0.39 is 11.9 Å². The highest BCUT2D eigenvalue weighted by atomic mass is 16.4. The maximum absolute atomic E-state index is 12.4. The molecule has 0 bridgehead atoms. The predicted molar refractivity (Wildman–Crippen MR) is 72.4 cm³/mol. The third-order valence-corrected chi connectivity index (χ3v) is 3.65. The Hall–Kier alpha value is -2.37. The smallest absolute Gasteiger partial charge is 0.308 e. The number of fused-ring (bicyclic) bond motifs is 1. The van der Waals surface area contributed by atoms with Gasteiger partial charge in [-0.3, -0.25) is 9.59 Å². The number of carboxylic acids is 1. The van der Waals surface area contributed by atoms with Crippen LogP contribution in [0.4, 0.5) is 0 Å². The van der Waals surface area contributed by atoms with E-state index in [4.69, 9.17) is 5.11 Å². The predicted octanol–water partition coefficient (Wildman–Crippen LogP) is 1.50. The largest absolute Gasteiger partial charge is 0.481 e. The minimum Gasteiger partial charge on any atom is -0.481 e. The van der Waals surface area contributed by atoms with E-state index in [1.807, 2.05) is 24.3 Å². The number of piperidine rings is 1. The average Bonchev–Trinajstić information content (AvgIpc) is 2.90. The Bertz CT molecular complexity index is 631. The van der Waals surface area contributed by atoms with Gasteiger partial charge in [-0.15, -0.1) is 0 Å². The molecule has 104 valence electrons. The topological polar surface area (TPSA) is 86.3 Å². The third kappa shape index (κ3) is 2.24. The van der Waals surface area contributed by atoms with Crippen LogP contribution in [0.3, 0.4) is 0 Å². The van der Waals surface area contributed by atoms with Crippen LogP contribution in [0.5, 0.6) is 0 Å². The fraction of sp³-hybridized carbons (Fsp3) is 0.357. The number of rotatable bonds is 2. The van der Waals surface area contributed by atoms with Crippen molar-refractivity contribution in [3.63, 3.8) is 0 Å². The lowest BCUT2D eigenvalue weighted by Gasteiger charge is -2.29. The van der Waals surface area contributed by atoms with Gasteiger partial charge in [-0.2, -0.15) is 0 Å². The summed E-state index contributed by atoms with van der Waals surface area (Å²) < 4.78 is 0. The van der Waals surface area contributed by atoms with Crippen molar-refractivity contribution in [2.75, 3.05) is 13.1 Å². The van der Waals surface area contributed by atoms with Crippen LogP contribution in [0.1, 0.15) is 23.5 Å². The van der Waals surface area contributed by atoms with Crippen LogP contribution in [-0.4, -0.2) is 44.9 Å². The van der Waals surface area contributed by atoms with Crippen molar-refractivity contribution in [3.8, 4) is 0 Å². The summed E-state index contributed by atoms with van der Waals surface area (Å²) in [6.45, 7) is 0.838. The van der Waals surface area contributed by atoms with Crippen molar-refractivity contribution in [1.29, 1.82) is 0 Å². The second-order valence-corrected chi connectivity index (χ2v) is 5.03. The Morgan fingerprint density at radius 2 is 2.15 bits per heavy atom. The van der Waals surface area contributed by atoms with Crippen molar-refractivity contribution < 1.29 is 14.7 Å². The van der Waals surface area contributed by atoms with Gasteiger partial charge in [0.05, 0.1) is 17.0 Å². The lowest BCUT2D eigenvalue weighted by Crippen LogP contribution is -2.42. The number of nitrogens with zero attached hydrogens (tertiary/aromatic N) is 2. The molecular formula is C14H15N3O3.